The lowest BCUT2D eigenvalue weighted by atomic mass is 10.1. The molecule has 0 saturated heterocycles. The van der Waals surface area contributed by atoms with E-state index >= 15 is 0 Å². The van der Waals surface area contributed by atoms with E-state index in [0.29, 0.717) is 17.2 Å². The van der Waals surface area contributed by atoms with E-state index < -0.39 is 0 Å². The van der Waals surface area contributed by atoms with Crippen molar-refractivity contribution in [1.29, 1.82) is 5.26 Å². The second-order valence-corrected chi connectivity index (χ2v) is 7.39. The van der Waals surface area contributed by atoms with Crippen molar-refractivity contribution in [2.75, 3.05) is 25.2 Å². The lowest BCUT2D eigenvalue weighted by molar-refractivity contribution is 0.148. The number of hydrogen-bond acceptors (Lipinski definition) is 6. The zero-order valence-electron chi connectivity index (χ0n) is 16.1. The van der Waals surface area contributed by atoms with Gasteiger partial charge < -0.3 is 9.64 Å². The van der Waals surface area contributed by atoms with Crippen LogP contribution in [0, 0.1) is 18.3 Å². The fourth-order valence-corrected chi connectivity index (χ4v) is 4.17. The van der Waals surface area contributed by atoms with E-state index in [-0.39, 0.29) is 6.04 Å². The van der Waals surface area contributed by atoms with Crippen LogP contribution in [0.3, 0.4) is 0 Å². The standard InChI is InChI=1S/C20H21ClN6O/c1-4-15(11-28-3)27-17-7-12(2)23-20(18(17)24-25-27)26-6-5-14-8-13(10-22)9-16(21)19(14)26/h7-9,15H,4-6,11H2,1-3H3. The summed E-state index contributed by atoms with van der Waals surface area (Å²) in [6.07, 6.45) is 1.69. The SMILES string of the molecule is CCC(COC)n1nnc2c(N3CCc4cc(C#N)cc(Cl)c43)nc(C)cc21. The molecule has 0 saturated carbocycles. The fraction of sp³-hybridized carbons (Fsp3) is 0.400. The Morgan fingerprint density at radius 2 is 2.18 bits per heavy atom. The summed E-state index contributed by atoms with van der Waals surface area (Å²) in [7, 11) is 1.69. The number of anilines is 2. The van der Waals surface area contributed by atoms with E-state index in [2.05, 4.69) is 28.2 Å². The maximum absolute atomic E-state index is 9.21. The summed E-state index contributed by atoms with van der Waals surface area (Å²) in [4.78, 5) is 6.85. The molecule has 0 aliphatic carbocycles. The van der Waals surface area contributed by atoms with Gasteiger partial charge in [-0.1, -0.05) is 23.7 Å². The third kappa shape index (κ3) is 2.99. The number of hydrogen-bond donors (Lipinski definition) is 0. The molecule has 7 nitrogen and oxygen atoms in total. The summed E-state index contributed by atoms with van der Waals surface area (Å²) in [5.41, 5.74) is 5.09. The van der Waals surface area contributed by atoms with E-state index in [9.17, 15) is 5.26 Å². The Bertz CT molecular complexity index is 1090. The van der Waals surface area contributed by atoms with Crippen LogP contribution in [0.4, 0.5) is 11.5 Å². The summed E-state index contributed by atoms with van der Waals surface area (Å²) >= 11 is 6.53. The molecule has 2 aromatic heterocycles. The minimum atomic E-state index is 0.109. The zero-order valence-corrected chi connectivity index (χ0v) is 16.9. The molecular formula is C20H21ClN6O. The Morgan fingerprint density at radius 1 is 1.36 bits per heavy atom. The molecular weight excluding hydrogens is 376 g/mol. The van der Waals surface area contributed by atoms with Crippen molar-refractivity contribution in [3.63, 3.8) is 0 Å². The first kappa shape index (κ1) is 18.7. The minimum absolute atomic E-state index is 0.109. The summed E-state index contributed by atoms with van der Waals surface area (Å²) < 4.78 is 7.28. The minimum Gasteiger partial charge on any atom is -0.382 e. The van der Waals surface area contributed by atoms with Crippen LogP contribution in [0.1, 0.15) is 36.2 Å². The summed E-state index contributed by atoms with van der Waals surface area (Å²) in [5.74, 6) is 0.749. The molecule has 3 heterocycles. The molecule has 8 heteroatoms. The summed E-state index contributed by atoms with van der Waals surface area (Å²) in [6.45, 7) is 5.38. The summed E-state index contributed by atoms with van der Waals surface area (Å²) in [6, 6.07) is 7.89. The molecule has 0 spiro atoms. The molecule has 1 aliphatic heterocycles. The molecule has 3 aromatic rings. The lowest BCUT2D eigenvalue weighted by Crippen LogP contribution is -2.17. The van der Waals surface area contributed by atoms with Crippen molar-refractivity contribution in [2.24, 2.45) is 0 Å². The molecule has 1 unspecified atom stereocenters. The van der Waals surface area contributed by atoms with E-state index in [0.717, 1.165) is 53.2 Å². The topological polar surface area (TPSA) is 79.9 Å². The normalized spacial score (nSPS) is 14.3. The maximum atomic E-state index is 9.21. The molecule has 1 aliphatic rings. The van der Waals surface area contributed by atoms with Gasteiger partial charge in [-0.3, -0.25) is 0 Å². The van der Waals surface area contributed by atoms with Gasteiger partial charge in [0, 0.05) is 19.3 Å². The average Bonchev–Trinajstić information content (AvgIpc) is 3.30. The van der Waals surface area contributed by atoms with Gasteiger partial charge in [0.25, 0.3) is 0 Å². The van der Waals surface area contributed by atoms with Crippen molar-refractivity contribution in [3.05, 3.63) is 40.0 Å². The van der Waals surface area contributed by atoms with Crippen LogP contribution in [-0.4, -0.2) is 40.2 Å². The number of fused-ring (bicyclic) bond motifs is 2. The molecule has 0 amide bonds. The molecule has 144 valence electrons. The van der Waals surface area contributed by atoms with Gasteiger partial charge in [-0.15, -0.1) is 5.10 Å². The first-order chi connectivity index (χ1) is 13.6. The highest BCUT2D eigenvalue weighted by molar-refractivity contribution is 6.34. The van der Waals surface area contributed by atoms with E-state index in [1.54, 1.807) is 13.2 Å². The van der Waals surface area contributed by atoms with Gasteiger partial charge in [-0.05, 0) is 43.5 Å². The number of benzene rings is 1. The number of methoxy groups -OCH3 is 1. The van der Waals surface area contributed by atoms with Crippen LogP contribution in [0.2, 0.25) is 5.02 Å². The molecule has 0 fully saturated rings. The molecule has 28 heavy (non-hydrogen) atoms. The molecule has 0 radical (unpaired) electrons. The van der Waals surface area contributed by atoms with Gasteiger partial charge >= 0.3 is 0 Å². The number of halogens is 1. The number of rotatable bonds is 5. The molecule has 0 bridgehead atoms. The van der Waals surface area contributed by atoms with Crippen LogP contribution in [0.25, 0.3) is 11.0 Å². The average molecular weight is 397 g/mol. The first-order valence-corrected chi connectivity index (χ1v) is 9.66. The van der Waals surface area contributed by atoms with E-state index in [4.69, 9.17) is 21.3 Å². The maximum Gasteiger partial charge on any atom is 0.163 e. The number of nitriles is 1. The number of aromatic nitrogens is 4. The molecule has 4 rings (SSSR count). The predicted octanol–water partition coefficient (Wildman–Crippen LogP) is 3.95. The van der Waals surface area contributed by atoms with Gasteiger partial charge in [0.1, 0.15) is 0 Å². The first-order valence-electron chi connectivity index (χ1n) is 9.28. The Kier molecular flexibility index (Phi) is 4.92. The predicted molar refractivity (Wildman–Crippen MR) is 108 cm³/mol. The van der Waals surface area contributed by atoms with Gasteiger partial charge in [0.15, 0.2) is 11.3 Å². The second-order valence-electron chi connectivity index (χ2n) is 6.99. The monoisotopic (exact) mass is 396 g/mol. The van der Waals surface area contributed by atoms with Gasteiger partial charge in [-0.25, -0.2) is 9.67 Å². The zero-order chi connectivity index (χ0) is 19.8. The van der Waals surface area contributed by atoms with Crippen LogP contribution < -0.4 is 4.90 Å². The highest BCUT2D eigenvalue weighted by Crippen LogP contribution is 2.42. The largest absolute Gasteiger partial charge is 0.382 e. The van der Waals surface area contributed by atoms with Crippen molar-refractivity contribution in [2.45, 2.75) is 32.7 Å². The third-order valence-corrected chi connectivity index (χ3v) is 5.44. The highest BCUT2D eigenvalue weighted by atomic mass is 35.5. The number of pyridine rings is 1. The quantitative estimate of drug-likeness (QED) is 0.649. The smallest absolute Gasteiger partial charge is 0.163 e. The van der Waals surface area contributed by atoms with Crippen molar-refractivity contribution >= 4 is 34.1 Å². The Labute approximate surface area is 168 Å². The number of nitrogens with zero attached hydrogens (tertiary/aromatic N) is 6. The van der Waals surface area contributed by atoms with Crippen molar-refractivity contribution in [1.82, 2.24) is 20.0 Å². The molecule has 1 aromatic carbocycles. The summed E-state index contributed by atoms with van der Waals surface area (Å²) in [5, 5.41) is 18.6. The third-order valence-electron chi connectivity index (χ3n) is 5.15. The van der Waals surface area contributed by atoms with E-state index in [1.165, 1.54) is 0 Å². The number of ether oxygens (including phenoxy) is 1. The Balaban J connectivity index is 1.86. The Morgan fingerprint density at radius 3 is 2.89 bits per heavy atom. The van der Waals surface area contributed by atoms with Crippen molar-refractivity contribution < 1.29 is 4.74 Å². The van der Waals surface area contributed by atoms with Crippen LogP contribution in [-0.2, 0) is 11.2 Å². The van der Waals surface area contributed by atoms with Gasteiger partial charge in [0.05, 0.1) is 40.5 Å². The lowest BCUT2D eigenvalue weighted by Gasteiger charge is -2.21. The molecule has 1 atom stereocenters. The van der Waals surface area contributed by atoms with Crippen molar-refractivity contribution in [3.8, 4) is 6.07 Å². The molecule has 0 N–H and O–H groups in total. The van der Waals surface area contributed by atoms with E-state index in [1.807, 2.05) is 23.7 Å². The Hall–Kier alpha value is -2.69. The van der Waals surface area contributed by atoms with Crippen LogP contribution in [0.5, 0.6) is 0 Å². The van der Waals surface area contributed by atoms with Crippen LogP contribution in [0.15, 0.2) is 18.2 Å². The van der Waals surface area contributed by atoms with Gasteiger partial charge in [-0.2, -0.15) is 5.26 Å². The fourth-order valence-electron chi connectivity index (χ4n) is 3.83. The highest BCUT2D eigenvalue weighted by Gasteiger charge is 2.28. The second kappa shape index (κ2) is 7.38. The van der Waals surface area contributed by atoms with Gasteiger partial charge in [0.2, 0.25) is 0 Å². The number of aryl methyl sites for hydroxylation is 1. The van der Waals surface area contributed by atoms with Crippen LogP contribution >= 0.6 is 11.6 Å².